The van der Waals surface area contributed by atoms with Crippen LogP contribution in [0, 0.1) is 0 Å². The highest BCUT2D eigenvalue weighted by atomic mass is 15.3. The van der Waals surface area contributed by atoms with E-state index in [-0.39, 0.29) is 0 Å². The zero-order valence-electron chi connectivity index (χ0n) is 16.3. The first-order chi connectivity index (χ1) is 13.7. The van der Waals surface area contributed by atoms with E-state index in [2.05, 4.69) is 119 Å². The van der Waals surface area contributed by atoms with Gasteiger partial charge in [-0.2, -0.15) is 0 Å². The monoisotopic (exact) mass is 368 g/mol. The van der Waals surface area contributed by atoms with Gasteiger partial charge in [0, 0.05) is 50.3 Å². The van der Waals surface area contributed by atoms with Crippen molar-refractivity contribution in [3.05, 3.63) is 85.5 Å². The van der Waals surface area contributed by atoms with Crippen LogP contribution in [0.5, 0.6) is 0 Å². The van der Waals surface area contributed by atoms with Crippen LogP contribution in [-0.4, -0.2) is 37.2 Å². The lowest BCUT2D eigenvalue weighted by Crippen LogP contribution is -2.21. The van der Waals surface area contributed by atoms with Crippen molar-refractivity contribution < 1.29 is 0 Å². The SMILES string of the molecule is CN1C=CN(c2cccc(-c3cccc4ccc(N5C=CN(C)C5)cc34)c2)C1. The number of hydrogen-bond acceptors (Lipinski definition) is 4. The van der Waals surface area contributed by atoms with Crippen molar-refractivity contribution in [3.8, 4) is 11.1 Å². The summed E-state index contributed by atoms with van der Waals surface area (Å²) in [7, 11) is 4.19. The Labute approximate surface area is 166 Å². The van der Waals surface area contributed by atoms with Crippen molar-refractivity contribution >= 4 is 22.1 Å². The van der Waals surface area contributed by atoms with E-state index in [9.17, 15) is 0 Å². The maximum Gasteiger partial charge on any atom is 0.0938 e. The fourth-order valence-corrected chi connectivity index (χ4v) is 3.94. The molecule has 0 atom stereocenters. The molecule has 2 heterocycles. The van der Waals surface area contributed by atoms with Crippen molar-refractivity contribution in [2.75, 3.05) is 37.2 Å². The summed E-state index contributed by atoms with van der Waals surface area (Å²) in [5.74, 6) is 0. The Hall–Kier alpha value is -3.40. The van der Waals surface area contributed by atoms with Crippen LogP contribution in [-0.2, 0) is 0 Å². The molecule has 0 fully saturated rings. The Balaban J connectivity index is 1.57. The number of rotatable bonds is 3. The van der Waals surface area contributed by atoms with E-state index in [0.29, 0.717) is 0 Å². The van der Waals surface area contributed by atoms with Gasteiger partial charge in [0.15, 0.2) is 0 Å². The predicted molar refractivity (Wildman–Crippen MR) is 118 cm³/mol. The molecule has 0 aromatic heterocycles. The van der Waals surface area contributed by atoms with Crippen LogP contribution in [0.2, 0.25) is 0 Å². The largest absolute Gasteiger partial charge is 0.361 e. The summed E-state index contributed by atoms with van der Waals surface area (Å²) in [6.45, 7) is 1.77. The quantitative estimate of drug-likeness (QED) is 0.654. The fraction of sp³-hybridized carbons (Fsp3) is 0.167. The molecule has 0 unspecified atom stereocenters. The molecule has 0 saturated carbocycles. The summed E-state index contributed by atoms with van der Waals surface area (Å²) >= 11 is 0. The number of benzene rings is 3. The van der Waals surface area contributed by atoms with Gasteiger partial charge in [-0.3, -0.25) is 0 Å². The van der Waals surface area contributed by atoms with Crippen molar-refractivity contribution in [3.63, 3.8) is 0 Å². The first-order valence-corrected chi connectivity index (χ1v) is 9.61. The zero-order chi connectivity index (χ0) is 19.1. The number of fused-ring (bicyclic) bond motifs is 1. The summed E-state index contributed by atoms with van der Waals surface area (Å²) in [4.78, 5) is 8.90. The topological polar surface area (TPSA) is 13.0 Å². The minimum atomic E-state index is 0.887. The third-order valence-corrected chi connectivity index (χ3v) is 5.44. The van der Waals surface area contributed by atoms with Gasteiger partial charge in [-0.15, -0.1) is 0 Å². The average Bonchev–Trinajstić information content (AvgIpc) is 3.35. The van der Waals surface area contributed by atoms with Crippen LogP contribution in [0.1, 0.15) is 0 Å². The molecular weight excluding hydrogens is 344 g/mol. The van der Waals surface area contributed by atoms with Gasteiger partial charge >= 0.3 is 0 Å². The second kappa shape index (κ2) is 6.64. The predicted octanol–water partition coefficient (Wildman–Crippen LogP) is 4.87. The zero-order valence-corrected chi connectivity index (χ0v) is 16.3. The highest BCUT2D eigenvalue weighted by Crippen LogP contribution is 2.34. The highest BCUT2D eigenvalue weighted by Gasteiger charge is 2.14. The lowest BCUT2D eigenvalue weighted by atomic mass is 9.97. The minimum Gasteiger partial charge on any atom is -0.361 e. The van der Waals surface area contributed by atoms with Crippen molar-refractivity contribution in [2.24, 2.45) is 0 Å². The Bertz CT molecular complexity index is 1080. The standard InChI is InChI=1S/C24H24N4/c1-25-11-13-27(17-25)21-7-3-6-20(15-21)23-8-4-5-19-9-10-22(16-24(19)23)28-14-12-26(2)18-28/h3-16H,17-18H2,1-2H3. The lowest BCUT2D eigenvalue weighted by Gasteiger charge is -2.20. The van der Waals surface area contributed by atoms with Gasteiger partial charge in [0.1, 0.15) is 0 Å². The van der Waals surface area contributed by atoms with E-state index in [1.807, 2.05) is 0 Å². The second-order valence-electron chi connectivity index (χ2n) is 7.59. The van der Waals surface area contributed by atoms with Gasteiger partial charge in [-0.1, -0.05) is 36.4 Å². The second-order valence-corrected chi connectivity index (χ2v) is 7.59. The van der Waals surface area contributed by atoms with Crippen molar-refractivity contribution in [2.45, 2.75) is 0 Å². The van der Waals surface area contributed by atoms with E-state index in [0.717, 1.165) is 13.3 Å². The maximum atomic E-state index is 2.31. The minimum absolute atomic E-state index is 0.887. The Morgan fingerprint density at radius 3 is 2.00 bits per heavy atom. The average molecular weight is 368 g/mol. The van der Waals surface area contributed by atoms with Crippen LogP contribution in [0.4, 0.5) is 11.4 Å². The molecule has 3 aromatic rings. The van der Waals surface area contributed by atoms with E-state index in [1.165, 1.54) is 33.3 Å². The van der Waals surface area contributed by atoms with Gasteiger partial charge in [-0.05, 0) is 46.2 Å². The number of hydrogen-bond donors (Lipinski definition) is 0. The molecule has 2 aliphatic heterocycles. The van der Waals surface area contributed by atoms with E-state index < -0.39 is 0 Å². The summed E-state index contributed by atoms with van der Waals surface area (Å²) in [6, 6.07) is 22.1. The molecule has 0 radical (unpaired) electrons. The van der Waals surface area contributed by atoms with Crippen LogP contribution in [0.25, 0.3) is 21.9 Å². The number of anilines is 2. The molecule has 0 bridgehead atoms. The Morgan fingerprint density at radius 1 is 0.643 bits per heavy atom. The Kier molecular flexibility index (Phi) is 3.97. The summed E-state index contributed by atoms with van der Waals surface area (Å²) in [6.07, 6.45) is 8.49. The molecule has 0 aliphatic carbocycles. The molecule has 0 N–H and O–H groups in total. The molecule has 0 spiro atoms. The molecule has 5 rings (SSSR count). The van der Waals surface area contributed by atoms with Gasteiger partial charge in [0.2, 0.25) is 0 Å². The molecule has 4 nitrogen and oxygen atoms in total. The lowest BCUT2D eigenvalue weighted by molar-refractivity contribution is 0.496. The summed E-state index contributed by atoms with van der Waals surface area (Å²) in [5, 5.41) is 2.55. The third kappa shape index (κ3) is 2.97. The number of nitrogens with zero attached hydrogens (tertiary/aromatic N) is 4. The van der Waals surface area contributed by atoms with Crippen molar-refractivity contribution in [1.82, 2.24) is 9.80 Å². The van der Waals surface area contributed by atoms with Crippen LogP contribution in [0.3, 0.4) is 0 Å². The van der Waals surface area contributed by atoms with Gasteiger partial charge in [-0.25, -0.2) is 0 Å². The van der Waals surface area contributed by atoms with Crippen molar-refractivity contribution in [1.29, 1.82) is 0 Å². The highest BCUT2D eigenvalue weighted by molar-refractivity contribution is 5.99. The maximum absolute atomic E-state index is 2.31. The van der Waals surface area contributed by atoms with Crippen LogP contribution in [0.15, 0.2) is 85.5 Å². The van der Waals surface area contributed by atoms with E-state index in [1.54, 1.807) is 0 Å². The van der Waals surface area contributed by atoms with Crippen LogP contribution < -0.4 is 9.80 Å². The third-order valence-electron chi connectivity index (χ3n) is 5.44. The first-order valence-electron chi connectivity index (χ1n) is 9.61. The Morgan fingerprint density at radius 2 is 1.32 bits per heavy atom. The smallest absolute Gasteiger partial charge is 0.0938 e. The summed E-state index contributed by atoms with van der Waals surface area (Å²) < 4.78 is 0. The summed E-state index contributed by atoms with van der Waals surface area (Å²) in [5.41, 5.74) is 4.96. The molecule has 3 aromatic carbocycles. The van der Waals surface area contributed by atoms with Gasteiger partial charge < -0.3 is 19.6 Å². The molecule has 2 aliphatic rings. The van der Waals surface area contributed by atoms with Gasteiger partial charge in [0.05, 0.1) is 13.3 Å². The molecule has 0 amide bonds. The van der Waals surface area contributed by atoms with Gasteiger partial charge in [0.25, 0.3) is 0 Å². The van der Waals surface area contributed by atoms with E-state index in [4.69, 9.17) is 0 Å². The molecule has 4 heteroatoms. The van der Waals surface area contributed by atoms with Crippen LogP contribution >= 0.6 is 0 Å². The molecule has 28 heavy (non-hydrogen) atoms. The first kappa shape index (κ1) is 16.8. The molecule has 140 valence electrons. The fourth-order valence-electron chi connectivity index (χ4n) is 3.94. The normalized spacial score (nSPS) is 16.1. The molecule has 0 saturated heterocycles. The van der Waals surface area contributed by atoms with E-state index >= 15 is 0 Å². The molecular formula is C24H24N4.